The minimum Gasteiger partial charge on any atom is -0.473 e. The van der Waals surface area contributed by atoms with Crippen LogP contribution in [0.1, 0.15) is 66.2 Å². The summed E-state index contributed by atoms with van der Waals surface area (Å²) in [6, 6.07) is 0. The summed E-state index contributed by atoms with van der Waals surface area (Å²) in [5, 5.41) is 4.98. The molecule has 0 spiro atoms. The van der Waals surface area contributed by atoms with Crippen LogP contribution in [0.25, 0.3) is 0 Å². The first-order valence-corrected chi connectivity index (χ1v) is 10.6. The second-order valence-corrected chi connectivity index (χ2v) is 10.0. The number of allylic oxidation sites excluding steroid dienone is 1. The summed E-state index contributed by atoms with van der Waals surface area (Å²) in [6.45, 7) is 13.9. The van der Waals surface area contributed by atoms with Crippen LogP contribution in [-0.4, -0.2) is 16.2 Å². The van der Waals surface area contributed by atoms with Gasteiger partial charge in [-0.3, -0.25) is 0 Å². The van der Waals surface area contributed by atoms with Gasteiger partial charge in [-0.05, 0) is 81.8 Å². The molecule has 0 aromatic carbocycles. The van der Waals surface area contributed by atoms with Gasteiger partial charge in [0.05, 0.1) is 16.2 Å². The van der Waals surface area contributed by atoms with Crippen LogP contribution in [0.2, 0.25) is 0 Å². The van der Waals surface area contributed by atoms with Crippen LogP contribution in [0.15, 0.2) is 17.1 Å². The largest absolute Gasteiger partial charge is 0.473 e. The van der Waals surface area contributed by atoms with Gasteiger partial charge in [-0.15, -0.1) is 0 Å². The third-order valence-corrected chi connectivity index (χ3v) is 8.16. The summed E-state index contributed by atoms with van der Waals surface area (Å²) in [5.74, 6) is 4.41. The first-order chi connectivity index (χ1) is 11.8. The third kappa shape index (κ3) is 3.17. The van der Waals surface area contributed by atoms with E-state index in [1.165, 1.54) is 37.7 Å². The molecule has 0 bridgehead atoms. The summed E-state index contributed by atoms with van der Waals surface area (Å²) in [7, 11) is 4.34. The third-order valence-electron chi connectivity index (χ3n) is 8.07. The molecule has 0 aromatic heterocycles. The molecule has 0 aromatic rings. The first-order valence-electron chi connectivity index (χ1n) is 10.2. The van der Waals surface area contributed by atoms with Gasteiger partial charge in [0, 0.05) is 18.3 Å². The van der Waals surface area contributed by atoms with Gasteiger partial charge in [0.15, 0.2) is 0 Å². The zero-order chi connectivity index (χ0) is 18.4. The second-order valence-electron chi connectivity index (χ2n) is 9.86. The Bertz CT molecular complexity index is 577. The molecule has 3 fully saturated rings. The van der Waals surface area contributed by atoms with Crippen molar-refractivity contribution in [1.29, 1.82) is 0 Å². The van der Waals surface area contributed by atoms with Crippen molar-refractivity contribution >= 4 is 17.4 Å². The Balaban J connectivity index is 1.99. The van der Waals surface area contributed by atoms with E-state index in [1.807, 2.05) is 0 Å². The molecule has 3 rings (SSSR count). The van der Waals surface area contributed by atoms with E-state index in [0.717, 1.165) is 30.1 Å². The van der Waals surface area contributed by atoms with E-state index in [0.29, 0.717) is 17.4 Å². The zero-order valence-electron chi connectivity index (χ0n) is 16.6. The van der Waals surface area contributed by atoms with Gasteiger partial charge in [0.2, 0.25) is 0 Å². The summed E-state index contributed by atoms with van der Waals surface area (Å²) in [6.07, 6.45) is 7.59. The molecule has 7 atom stereocenters. The highest BCUT2D eigenvalue weighted by Gasteiger charge is 2.60. The van der Waals surface area contributed by atoms with Crippen molar-refractivity contribution in [2.75, 3.05) is 0 Å². The van der Waals surface area contributed by atoms with E-state index >= 15 is 0 Å². The quantitative estimate of drug-likeness (QED) is 0.336. The lowest BCUT2D eigenvalue weighted by atomic mass is 9.44. The van der Waals surface area contributed by atoms with Crippen LogP contribution in [0.3, 0.4) is 0 Å². The lowest BCUT2D eigenvalue weighted by molar-refractivity contribution is -0.703. The lowest BCUT2D eigenvalue weighted by Gasteiger charge is -2.62. The molecule has 25 heavy (non-hydrogen) atoms. The number of hydrogen-bond donors (Lipinski definition) is 1. The van der Waals surface area contributed by atoms with Crippen molar-refractivity contribution in [2.24, 2.45) is 40.5 Å². The van der Waals surface area contributed by atoms with E-state index in [-0.39, 0.29) is 5.54 Å². The van der Waals surface area contributed by atoms with Crippen LogP contribution >= 0.6 is 12.2 Å². The summed E-state index contributed by atoms with van der Waals surface area (Å²) < 4.78 is 0. The van der Waals surface area contributed by atoms with Gasteiger partial charge in [0.1, 0.15) is 0 Å². The molecule has 3 aliphatic rings. The van der Waals surface area contributed by atoms with Gasteiger partial charge >= 0.3 is 0 Å². The Morgan fingerprint density at radius 2 is 2.12 bits per heavy atom. The molecule has 140 valence electrons. The van der Waals surface area contributed by atoms with Crippen molar-refractivity contribution in [2.45, 2.75) is 77.3 Å². The van der Waals surface area contributed by atoms with Gasteiger partial charge in [0.25, 0.3) is 0 Å². The fourth-order valence-electron chi connectivity index (χ4n) is 6.95. The topological polar surface area (TPSA) is 29.0 Å². The lowest BCUT2D eigenvalue weighted by Crippen LogP contribution is -2.97. The number of nitrogens with two attached hydrogens (primary N) is 1. The average molecular weight is 361 g/mol. The highest BCUT2D eigenvalue weighted by molar-refractivity contribution is 7.78. The van der Waals surface area contributed by atoms with E-state index in [1.54, 1.807) is 0 Å². The fraction of sp³-hybridized carbons (Fsp3) is 0.818. The van der Waals surface area contributed by atoms with Crippen LogP contribution in [0.4, 0.5) is 0 Å². The van der Waals surface area contributed by atoms with Gasteiger partial charge < -0.3 is 5.32 Å². The highest BCUT2D eigenvalue weighted by atomic mass is 32.1. The van der Waals surface area contributed by atoms with E-state index in [2.05, 4.69) is 56.8 Å². The summed E-state index contributed by atoms with van der Waals surface area (Å²) in [4.78, 5) is 4.48. The van der Waals surface area contributed by atoms with Crippen LogP contribution in [0.5, 0.6) is 0 Å². The molecule has 2 nitrogen and oxygen atoms in total. The second kappa shape index (κ2) is 6.91. The highest BCUT2D eigenvalue weighted by Crippen LogP contribution is 2.60. The number of quaternary nitrogens is 1. The molecule has 0 saturated heterocycles. The SMILES string of the molecule is C=C1CC[C@@]2([NH2+][CH2-])[C@H]3[C@H](CC[C@@H]2C)[C@@H](C)C[C@@H](CC(C)(C)N=C=S)[C@H]13. The molecule has 3 heteroatoms. The zero-order valence-corrected chi connectivity index (χ0v) is 17.4. The maximum atomic E-state index is 4.90. The Hall–Kier alpha value is -0.500. The molecule has 3 saturated carbocycles. The molecule has 0 radical (unpaired) electrons. The fourth-order valence-corrected chi connectivity index (χ4v) is 7.20. The molecule has 0 unspecified atom stereocenters. The number of hydrogen-bond acceptors (Lipinski definition) is 2. The van der Waals surface area contributed by atoms with Crippen LogP contribution < -0.4 is 5.32 Å². The van der Waals surface area contributed by atoms with E-state index in [9.17, 15) is 0 Å². The number of aliphatic imine (C=N–C) groups is 1. The predicted molar refractivity (Wildman–Crippen MR) is 108 cm³/mol. The molecular weight excluding hydrogens is 324 g/mol. The Kier molecular flexibility index (Phi) is 5.32. The Labute approximate surface area is 159 Å². The smallest absolute Gasteiger partial charge is 0.0789 e. The normalized spacial score (nSPS) is 44.0. The standard InChI is InChI=1S/C22H36N2S/c1-14-9-10-22(23-6)16(3)7-8-18-15(2)11-17(19(14)20(18)22)12-21(4,5)24-13-25/h15-20H,1,6-12,23H2,2-5H3/t15-,16-,17-,18+,19-,20-,22-/m0/s1. The summed E-state index contributed by atoms with van der Waals surface area (Å²) >= 11 is 4.90. The first kappa shape index (κ1) is 19.3. The van der Waals surface area contributed by atoms with Crippen LogP contribution in [-0.2, 0) is 0 Å². The van der Waals surface area contributed by atoms with Crippen molar-refractivity contribution in [1.82, 2.24) is 0 Å². The number of thiocarbonyl (C=S) groups is 1. The summed E-state index contributed by atoms with van der Waals surface area (Å²) in [5.41, 5.74) is 1.70. The van der Waals surface area contributed by atoms with Crippen molar-refractivity contribution in [3.63, 3.8) is 0 Å². The monoisotopic (exact) mass is 360 g/mol. The minimum absolute atomic E-state index is 0.117. The average Bonchev–Trinajstić information content (AvgIpc) is 2.54. The maximum Gasteiger partial charge on any atom is 0.0789 e. The molecular formula is C22H36N2S. The number of isothiocyanates is 1. The molecule has 0 aliphatic heterocycles. The van der Waals surface area contributed by atoms with Gasteiger partial charge in [-0.25, -0.2) is 4.99 Å². The molecule has 2 N–H and O–H groups in total. The van der Waals surface area contributed by atoms with E-state index < -0.39 is 0 Å². The van der Waals surface area contributed by atoms with Crippen molar-refractivity contribution in [3.05, 3.63) is 19.2 Å². The Morgan fingerprint density at radius 1 is 1.40 bits per heavy atom. The van der Waals surface area contributed by atoms with Crippen molar-refractivity contribution < 1.29 is 5.32 Å². The maximum absolute atomic E-state index is 4.90. The van der Waals surface area contributed by atoms with Gasteiger partial charge in [-0.1, -0.05) is 26.0 Å². The molecule has 3 aliphatic carbocycles. The molecule has 0 amide bonds. The predicted octanol–water partition coefficient (Wildman–Crippen LogP) is 4.64. The van der Waals surface area contributed by atoms with Crippen LogP contribution in [0, 0.1) is 42.6 Å². The van der Waals surface area contributed by atoms with E-state index in [4.69, 9.17) is 12.2 Å². The number of nitrogens with zero attached hydrogens (tertiary/aromatic N) is 1. The minimum atomic E-state index is -0.117. The van der Waals surface area contributed by atoms with Gasteiger partial charge in [-0.2, -0.15) is 7.05 Å². The number of rotatable bonds is 4. The Morgan fingerprint density at radius 3 is 2.76 bits per heavy atom. The van der Waals surface area contributed by atoms with Crippen molar-refractivity contribution in [3.8, 4) is 0 Å². The molecule has 0 heterocycles.